The zero-order valence-electron chi connectivity index (χ0n) is 11.1. The molecule has 0 aliphatic carbocycles. The van der Waals surface area contributed by atoms with Crippen LogP contribution in [0.15, 0.2) is 29.2 Å². The SMILES string of the molecule is O=C(O)C1CCCN1C(=O)CSc1ccc([N+](=O)[O-])cc1. The highest BCUT2D eigenvalue weighted by Gasteiger charge is 2.33. The van der Waals surface area contributed by atoms with Crippen molar-refractivity contribution < 1.29 is 19.6 Å². The summed E-state index contributed by atoms with van der Waals surface area (Å²) in [5.74, 6) is -1.06. The summed E-state index contributed by atoms with van der Waals surface area (Å²) in [7, 11) is 0. The second-order valence-electron chi connectivity index (χ2n) is 4.62. The third kappa shape index (κ3) is 3.72. The Morgan fingerprint density at radius 3 is 2.62 bits per heavy atom. The van der Waals surface area contributed by atoms with Gasteiger partial charge in [0.1, 0.15) is 6.04 Å². The number of likely N-dealkylation sites (tertiary alicyclic amines) is 1. The average molecular weight is 310 g/mol. The fourth-order valence-electron chi connectivity index (χ4n) is 2.21. The van der Waals surface area contributed by atoms with Crippen LogP contribution in [0, 0.1) is 10.1 Å². The first kappa shape index (κ1) is 15.3. The number of carboxylic acids is 1. The fraction of sp³-hybridized carbons (Fsp3) is 0.385. The van der Waals surface area contributed by atoms with E-state index in [2.05, 4.69) is 0 Å². The summed E-state index contributed by atoms with van der Waals surface area (Å²) in [6.07, 6.45) is 1.19. The molecule has 1 heterocycles. The minimum Gasteiger partial charge on any atom is -0.480 e. The van der Waals surface area contributed by atoms with E-state index in [-0.39, 0.29) is 17.3 Å². The summed E-state index contributed by atoms with van der Waals surface area (Å²) in [4.78, 5) is 35.2. The summed E-state index contributed by atoms with van der Waals surface area (Å²) in [5, 5.41) is 19.6. The molecule has 8 heteroatoms. The Hall–Kier alpha value is -2.09. The number of thioether (sulfide) groups is 1. The molecule has 1 N–H and O–H groups in total. The lowest BCUT2D eigenvalue weighted by atomic mass is 10.2. The molecule has 1 aromatic carbocycles. The van der Waals surface area contributed by atoms with Crippen LogP contribution in [0.1, 0.15) is 12.8 Å². The zero-order chi connectivity index (χ0) is 15.4. The molecule has 1 saturated heterocycles. The Bertz CT molecular complexity index is 560. The number of nitro benzene ring substituents is 1. The van der Waals surface area contributed by atoms with Crippen molar-refractivity contribution in [1.29, 1.82) is 0 Å². The van der Waals surface area contributed by atoms with Gasteiger partial charge in [0.2, 0.25) is 5.91 Å². The number of hydrogen-bond donors (Lipinski definition) is 1. The maximum Gasteiger partial charge on any atom is 0.326 e. The molecule has 0 bridgehead atoms. The highest BCUT2D eigenvalue weighted by Crippen LogP contribution is 2.24. The standard InChI is InChI=1S/C13H14N2O5S/c16-12(14-7-1-2-11(14)13(17)18)8-21-10-5-3-9(4-6-10)15(19)20/h3-6,11H,1-2,7-8H2,(H,17,18). The second-order valence-corrected chi connectivity index (χ2v) is 5.67. The van der Waals surface area contributed by atoms with Crippen LogP contribution in [0.2, 0.25) is 0 Å². The van der Waals surface area contributed by atoms with Crippen LogP contribution in [0.5, 0.6) is 0 Å². The van der Waals surface area contributed by atoms with E-state index in [1.54, 1.807) is 12.1 Å². The van der Waals surface area contributed by atoms with Crippen LogP contribution >= 0.6 is 11.8 Å². The number of benzene rings is 1. The third-order valence-electron chi connectivity index (χ3n) is 3.27. The Labute approximate surface area is 125 Å². The molecule has 112 valence electrons. The number of non-ortho nitro benzene ring substituents is 1. The van der Waals surface area contributed by atoms with Gasteiger partial charge in [-0.15, -0.1) is 11.8 Å². The van der Waals surface area contributed by atoms with E-state index < -0.39 is 16.9 Å². The molecule has 7 nitrogen and oxygen atoms in total. The van der Waals surface area contributed by atoms with Gasteiger partial charge in [0.15, 0.2) is 0 Å². The summed E-state index contributed by atoms with van der Waals surface area (Å²) in [6.45, 7) is 0.469. The molecular formula is C13H14N2O5S. The van der Waals surface area contributed by atoms with Gasteiger partial charge in [0.25, 0.3) is 5.69 Å². The molecular weight excluding hydrogens is 296 g/mol. The van der Waals surface area contributed by atoms with Gasteiger partial charge in [0.05, 0.1) is 10.7 Å². The predicted octanol–water partition coefficient (Wildman–Crippen LogP) is 1.76. The molecule has 1 amide bonds. The summed E-state index contributed by atoms with van der Waals surface area (Å²) in [5.41, 5.74) is -0.00355. The van der Waals surface area contributed by atoms with Crippen LogP contribution in [0.4, 0.5) is 5.69 Å². The molecule has 1 aliphatic rings. The molecule has 1 aliphatic heterocycles. The Balaban J connectivity index is 1.91. The lowest BCUT2D eigenvalue weighted by Crippen LogP contribution is -2.41. The lowest BCUT2D eigenvalue weighted by molar-refractivity contribution is -0.384. The molecule has 1 atom stereocenters. The highest BCUT2D eigenvalue weighted by atomic mass is 32.2. The number of aliphatic carboxylic acids is 1. The van der Waals surface area contributed by atoms with Gasteiger partial charge in [0, 0.05) is 23.6 Å². The number of carboxylic acid groups (broad SMARTS) is 1. The predicted molar refractivity (Wildman–Crippen MR) is 76.2 cm³/mol. The van der Waals surface area contributed by atoms with Gasteiger partial charge in [-0.05, 0) is 25.0 Å². The number of nitro groups is 1. The monoisotopic (exact) mass is 310 g/mol. The first-order valence-corrected chi connectivity index (χ1v) is 7.37. The van der Waals surface area contributed by atoms with Gasteiger partial charge >= 0.3 is 5.97 Å². The van der Waals surface area contributed by atoms with Gasteiger partial charge in [-0.1, -0.05) is 0 Å². The fourth-order valence-corrected chi connectivity index (χ4v) is 3.00. The Morgan fingerprint density at radius 1 is 1.38 bits per heavy atom. The maximum atomic E-state index is 12.0. The number of hydrogen-bond acceptors (Lipinski definition) is 5. The number of nitrogens with zero attached hydrogens (tertiary/aromatic N) is 2. The summed E-state index contributed by atoms with van der Waals surface area (Å²) >= 11 is 1.24. The molecule has 0 saturated carbocycles. The molecule has 1 unspecified atom stereocenters. The Kier molecular flexibility index (Phi) is 4.79. The van der Waals surface area contributed by atoms with Crippen LogP contribution in [0.25, 0.3) is 0 Å². The minimum atomic E-state index is -0.971. The maximum absolute atomic E-state index is 12.0. The van der Waals surface area contributed by atoms with Crippen molar-refractivity contribution in [3.05, 3.63) is 34.4 Å². The van der Waals surface area contributed by atoms with E-state index in [0.29, 0.717) is 19.4 Å². The van der Waals surface area contributed by atoms with Crippen molar-refractivity contribution in [3.8, 4) is 0 Å². The number of carbonyl (C=O) groups is 2. The highest BCUT2D eigenvalue weighted by molar-refractivity contribution is 8.00. The second kappa shape index (κ2) is 6.57. The number of carbonyl (C=O) groups excluding carboxylic acids is 1. The first-order chi connectivity index (χ1) is 9.99. The van der Waals surface area contributed by atoms with Crippen molar-refractivity contribution in [2.45, 2.75) is 23.8 Å². The van der Waals surface area contributed by atoms with E-state index in [4.69, 9.17) is 5.11 Å². The molecule has 0 spiro atoms. The van der Waals surface area contributed by atoms with Crippen molar-refractivity contribution in [2.75, 3.05) is 12.3 Å². The van der Waals surface area contributed by atoms with E-state index in [0.717, 1.165) is 4.90 Å². The van der Waals surface area contributed by atoms with Crippen molar-refractivity contribution in [2.24, 2.45) is 0 Å². The van der Waals surface area contributed by atoms with Gasteiger partial charge in [-0.2, -0.15) is 0 Å². The molecule has 2 rings (SSSR count). The normalized spacial score (nSPS) is 17.7. The quantitative estimate of drug-likeness (QED) is 0.505. The van der Waals surface area contributed by atoms with Gasteiger partial charge in [-0.25, -0.2) is 4.79 Å². The average Bonchev–Trinajstić information content (AvgIpc) is 2.95. The topological polar surface area (TPSA) is 101 Å². The van der Waals surface area contributed by atoms with Gasteiger partial charge < -0.3 is 10.0 Å². The van der Waals surface area contributed by atoms with Crippen LogP contribution < -0.4 is 0 Å². The van der Waals surface area contributed by atoms with Crippen molar-refractivity contribution in [3.63, 3.8) is 0 Å². The summed E-state index contributed by atoms with van der Waals surface area (Å²) in [6, 6.07) is 5.18. The van der Waals surface area contributed by atoms with Crippen LogP contribution in [0.3, 0.4) is 0 Å². The summed E-state index contributed by atoms with van der Waals surface area (Å²) < 4.78 is 0. The molecule has 1 aromatic rings. The van der Waals surface area contributed by atoms with Gasteiger partial charge in [-0.3, -0.25) is 14.9 Å². The van der Waals surface area contributed by atoms with E-state index in [9.17, 15) is 19.7 Å². The number of rotatable bonds is 5. The Morgan fingerprint density at radius 2 is 2.05 bits per heavy atom. The van der Waals surface area contributed by atoms with E-state index >= 15 is 0 Å². The van der Waals surface area contributed by atoms with Crippen molar-refractivity contribution in [1.82, 2.24) is 4.90 Å². The smallest absolute Gasteiger partial charge is 0.326 e. The van der Waals surface area contributed by atoms with Crippen LogP contribution in [-0.4, -0.2) is 45.1 Å². The molecule has 0 radical (unpaired) electrons. The molecule has 0 aromatic heterocycles. The van der Waals surface area contributed by atoms with E-state index in [1.165, 1.54) is 28.8 Å². The van der Waals surface area contributed by atoms with Crippen molar-refractivity contribution >= 4 is 29.3 Å². The minimum absolute atomic E-state index is 0.00355. The lowest BCUT2D eigenvalue weighted by Gasteiger charge is -2.21. The largest absolute Gasteiger partial charge is 0.480 e. The number of amides is 1. The zero-order valence-corrected chi connectivity index (χ0v) is 11.9. The van der Waals surface area contributed by atoms with Crippen LogP contribution in [-0.2, 0) is 9.59 Å². The third-order valence-corrected chi connectivity index (χ3v) is 4.26. The van der Waals surface area contributed by atoms with E-state index in [1.807, 2.05) is 0 Å². The molecule has 21 heavy (non-hydrogen) atoms. The first-order valence-electron chi connectivity index (χ1n) is 6.38. The molecule has 1 fully saturated rings.